The maximum absolute atomic E-state index is 9.45. The first-order valence-corrected chi connectivity index (χ1v) is 7.46. The van der Waals surface area contributed by atoms with E-state index in [1.54, 1.807) is 0 Å². The highest BCUT2D eigenvalue weighted by atomic mass is 16.3. The number of anilines is 1. The lowest BCUT2D eigenvalue weighted by molar-refractivity contribution is 0.122. The highest BCUT2D eigenvalue weighted by Gasteiger charge is 2.20. The van der Waals surface area contributed by atoms with Crippen LogP contribution in [0, 0.1) is 6.92 Å². The number of hydrogen-bond acceptors (Lipinski definition) is 5. The number of rotatable bonds is 4. The minimum absolute atomic E-state index is 0.254. The zero-order valence-electron chi connectivity index (χ0n) is 13.0. The summed E-state index contributed by atoms with van der Waals surface area (Å²) in [7, 11) is 0. The van der Waals surface area contributed by atoms with Crippen LogP contribution in [-0.2, 0) is 0 Å². The van der Waals surface area contributed by atoms with Crippen molar-refractivity contribution in [2.24, 2.45) is 0 Å². The average molecular weight is 278 g/mol. The average Bonchev–Trinajstić information content (AvgIpc) is 2.38. The van der Waals surface area contributed by atoms with Crippen LogP contribution < -0.4 is 4.90 Å². The minimum Gasteiger partial charge on any atom is -0.392 e. The molecule has 1 aromatic rings. The molecule has 20 heavy (non-hydrogen) atoms. The summed E-state index contributed by atoms with van der Waals surface area (Å²) in [5.74, 6) is 2.31. The first-order chi connectivity index (χ1) is 9.45. The number of aliphatic hydroxyl groups excluding tert-OH is 1. The van der Waals surface area contributed by atoms with Crippen LogP contribution in [0.25, 0.3) is 0 Å². The lowest BCUT2D eigenvalue weighted by atomic mass is 10.2. The van der Waals surface area contributed by atoms with Crippen LogP contribution in [0.15, 0.2) is 6.07 Å². The summed E-state index contributed by atoms with van der Waals surface area (Å²) < 4.78 is 0. The van der Waals surface area contributed by atoms with Gasteiger partial charge in [0.2, 0.25) is 0 Å². The maximum Gasteiger partial charge on any atom is 0.133 e. The van der Waals surface area contributed by atoms with E-state index >= 15 is 0 Å². The van der Waals surface area contributed by atoms with Crippen LogP contribution in [0.5, 0.6) is 0 Å². The Balaban J connectivity index is 2.03. The number of aromatic nitrogens is 2. The molecule has 0 spiro atoms. The Morgan fingerprint density at radius 3 is 2.35 bits per heavy atom. The zero-order chi connectivity index (χ0) is 14.7. The lowest BCUT2D eigenvalue weighted by Crippen LogP contribution is -2.48. The molecule has 1 aromatic heterocycles. The third-order valence-corrected chi connectivity index (χ3v) is 3.59. The molecule has 1 N–H and O–H groups in total. The van der Waals surface area contributed by atoms with Gasteiger partial charge in [0.25, 0.3) is 0 Å². The van der Waals surface area contributed by atoms with Gasteiger partial charge >= 0.3 is 0 Å². The summed E-state index contributed by atoms with van der Waals surface area (Å²) in [5.41, 5.74) is 1.03. The normalized spacial score (nSPS) is 18.6. The predicted octanol–water partition coefficient (Wildman–Crippen LogP) is 1.41. The molecular formula is C15H26N4O. The van der Waals surface area contributed by atoms with E-state index in [-0.39, 0.29) is 6.10 Å². The van der Waals surface area contributed by atoms with E-state index < -0.39 is 0 Å². The van der Waals surface area contributed by atoms with Crippen molar-refractivity contribution in [2.45, 2.75) is 39.7 Å². The van der Waals surface area contributed by atoms with Crippen molar-refractivity contribution in [1.29, 1.82) is 0 Å². The minimum atomic E-state index is -0.254. The lowest BCUT2D eigenvalue weighted by Gasteiger charge is -2.36. The van der Waals surface area contributed by atoms with Crippen LogP contribution in [0.4, 0.5) is 5.82 Å². The third-order valence-electron chi connectivity index (χ3n) is 3.59. The van der Waals surface area contributed by atoms with Gasteiger partial charge in [-0.15, -0.1) is 0 Å². The summed E-state index contributed by atoms with van der Waals surface area (Å²) in [6.45, 7) is 12.7. The zero-order valence-corrected chi connectivity index (χ0v) is 13.0. The van der Waals surface area contributed by atoms with Gasteiger partial charge in [-0.1, -0.05) is 13.8 Å². The number of aryl methyl sites for hydroxylation is 1. The molecule has 5 nitrogen and oxygen atoms in total. The van der Waals surface area contributed by atoms with Gasteiger partial charge in [0.1, 0.15) is 11.6 Å². The Labute approximate surface area is 121 Å². The van der Waals surface area contributed by atoms with Gasteiger partial charge in [0.15, 0.2) is 0 Å². The smallest absolute Gasteiger partial charge is 0.133 e. The van der Waals surface area contributed by atoms with Crippen molar-refractivity contribution in [3.8, 4) is 0 Å². The van der Waals surface area contributed by atoms with E-state index in [2.05, 4.69) is 39.7 Å². The SMILES string of the molecule is Cc1cc(N2CCN(C[C@@H](C)O)CC2)nc(C(C)C)n1. The first kappa shape index (κ1) is 15.2. The second-order valence-corrected chi connectivity index (χ2v) is 6.02. The highest BCUT2D eigenvalue weighted by Crippen LogP contribution is 2.18. The van der Waals surface area contributed by atoms with Gasteiger partial charge in [-0.2, -0.15) is 0 Å². The van der Waals surface area contributed by atoms with E-state index in [1.165, 1.54) is 0 Å². The summed E-state index contributed by atoms with van der Waals surface area (Å²) in [5, 5.41) is 9.45. The fourth-order valence-electron chi connectivity index (χ4n) is 2.53. The molecule has 1 saturated heterocycles. The Morgan fingerprint density at radius 1 is 1.15 bits per heavy atom. The van der Waals surface area contributed by atoms with Crippen LogP contribution in [0.2, 0.25) is 0 Å². The van der Waals surface area contributed by atoms with Gasteiger partial charge in [0, 0.05) is 50.4 Å². The van der Waals surface area contributed by atoms with Crippen LogP contribution in [0.1, 0.15) is 38.2 Å². The van der Waals surface area contributed by atoms with Crippen molar-refractivity contribution in [2.75, 3.05) is 37.6 Å². The predicted molar refractivity (Wildman–Crippen MR) is 81.2 cm³/mol. The Morgan fingerprint density at radius 2 is 1.80 bits per heavy atom. The molecule has 1 fully saturated rings. The second kappa shape index (κ2) is 6.50. The molecule has 0 aromatic carbocycles. The largest absolute Gasteiger partial charge is 0.392 e. The number of piperazine rings is 1. The molecule has 0 amide bonds. The molecule has 0 bridgehead atoms. The summed E-state index contributed by atoms with van der Waals surface area (Å²) in [4.78, 5) is 13.8. The standard InChI is InChI=1S/C15H26N4O/c1-11(2)15-16-12(3)9-14(17-15)19-7-5-18(6-8-19)10-13(4)20/h9,11,13,20H,5-8,10H2,1-4H3/t13-/m1/s1. The molecular weight excluding hydrogens is 252 g/mol. The number of nitrogens with zero attached hydrogens (tertiary/aromatic N) is 4. The summed E-state index contributed by atoms with van der Waals surface area (Å²) in [6, 6.07) is 2.07. The van der Waals surface area contributed by atoms with Crippen molar-refractivity contribution < 1.29 is 5.11 Å². The molecule has 0 unspecified atom stereocenters. The molecule has 1 atom stereocenters. The molecule has 2 heterocycles. The number of β-amino-alcohol motifs (C(OH)–C–C–N with tert-alkyl or cyclic N) is 1. The molecule has 0 aliphatic carbocycles. The molecule has 112 valence electrons. The number of hydrogen-bond donors (Lipinski definition) is 1. The van der Waals surface area contributed by atoms with Crippen molar-refractivity contribution in [3.63, 3.8) is 0 Å². The Hall–Kier alpha value is -1.20. The van der Waals surface area contributed by atoms with Crippen LogP contribution in [-0.4, -0.2) is 58.8 Å². The van der Waals surface area contributed by atoms with Gasteiger partial charge < -0.3 is 10.0 Å². The topological polar surface area (TPSA) is 52.5 Å². The van der Waals surface area contributed by atoms with Crippen LogP contribution in [0.3, 0.4) is 0 Å². The maximum atomic E-state index is 9.45. The molecule has 2 rings (SSSR count). The van der Waals surface area contributed by atoms with Gasteiger partial charge in [-0.05, 0) is 13.8 Å². The van der Waals surface area contributed by atoms with E-state index in [0.717, 1.165) is 50.1 Å². The molecule has 0 saturated carbocycles. The van der Waals surface area contributed by atoms with E-state index in [1.807, 2.05) is 13.8 Å². The van der Waals surface area contributed by atoms with E-state index in [0.29, 0.717) is 5.92 Å². The van der Waals surface area contributed by atoms with Crippen molar-refractivity contribution >= 4 is 5.82 Å². The molecule has 0 radical (unpaired) electrons. The highest BCUT2D eigenvalue weighted by molar-refractivity contribution is 5.40. The van der Waals surface area contributed by atoms with Crippen molar-refractivity contribution in [1.82, 2.24) is 14.9 Å². The Bertz CT molecular complexity index is 439. The molecule has 1 aliphatic rings. The Kier molecular flexibility index (Phi) is 4.94. The van der Waals surface area contributed by atoms with Crippen LogP contribution >= 0.6 is 0 Å². The van der Waals surface area contributed by atoms with Gasteiger partial charge in [0.05, 0.1) is 6.10 Å². The van der Waals surface area contributed by atoms with Gasteiger partial charge in [-0.25, -0.2) is 9.97 Å². The quantitative estimate of drug-likeness (QED) is 0.902. The van der Waals surface area contributed by atoms with Crippen molar-refractivity contribution in [3.05, 3.63) is 17.6 Å². The molecule has 5 heteroatoms. The third kappa shape index (κ3) is 3.90. The fourth-order valence-corrected chi connectivity index (χ4v) is 2.53. The fraction of sp³-hybridized carbons (Fsp3) is 0.733. The summed E-state index contributed by atoms with van der Waals surface area (Å²) >= 11 is 0. The monoisotopic (exact) mass is 278 g/mol. The number of aliphatic hydroxyl groups is 1. The summed E-state index contributed by atoms with van der Waals surface area (Å²) in [6.07, 6.45) is -0.254. The van der Waals surface area contributed by atoms with E-state index in [9.17, 15) is 5.11 Å². The van der Waals surface area contributed by atoms with E-state index in [4.69, 9.17) is 0 Å². The second-order valence-electron chi connectivity index (χ2n) is 6.02. The molecule has 1 aliphatic heterocycles. The van der Waals surface area contributed by atoms with Gasteiger partial charge in [-0.3, -0.25) is 4.90 Å². The first-order valence-electron chi connectivity index (χ1n) is 7.46.